The number of carbonyl (C=O) groups excluding carboxylic acids is 1. The summed E-state index contributed by atoms with van der Waals surface area (Å²) in [7, 11) is 0. The van der Waals surface area contributed by atoms with E-state index in [9.17, 15) is 9.90 Å². The van der Waals surface area contributed by atoms with Crippen molar-refractivity contribution in [2.75, 3.05) is 12.3 Å². The summed E-state index contributed by atoms with van der Waals surface area (Å²) in [5, 5.41) is 12.3. The van der Waals surface area contributed by atoms with Crippen molar-refractivity contribution in [1.29, 1.82) is 0 Å². The lowest BCUT2D eigenvalue weighted by molar-refractivity contribution is 0.0517. The molecule has 6 nitrogen and oxygen atoms in total. The van der Waals surface area contributed by atoms with Crippen LogP contribution in [0.25, 0.3) is 0 Å². The van der Waals surface area contributed by atoms with Crippen LogP contribution >= 0.6 is 0 Å². The van der Waals surface area contributed by atoms with Crippen molar-refractivity contribution in [3.63, 3.8) is 0 Å². The lowest BCUT2D eigenvalue weighted by Crippen LogP contribution is -2.40. The van der Waals surface area contributed by atoms with Crippen molar-refractivity contribution >= 4 is 11.7 Å². The van der Waals surface area contributed by atoms with Crippen LogP contribution in [0, 0.1) is 0 Å². The Kier molecular flexibility index (Phi) is 3.78. The molecule has 1 aromatic heterocycles. The smallest absolute Gasteiger partial charge is 0.273 e. The average molecular weight is 224 g/mol. The van der Waals surface area contributed by atoms with E-state index >= 15 is 0 Å². The number of aromatic nitrogens is 2. The van der Waals surface area contributed by atoms with Gasteiger partial charge in [0.05, 0.1) is 5.60 Å². The number of nitrogen functional groups attached to an aromatic ring is 1. The molecule has 0 saturated heterocycles. The first-order chi connectivity index (χ1) is 7.46. The zero-order chi connectivity index (χ0) is 12.2. The van der Waals surface area contributed by atoms with Crippen LogP contribution in [0.2, 0.25) is 0 Å². The van der Waals surface area contributed by atoms with E-state index in [0.717, 1.165) is 0 Å². The molecule has 1 aromatic rings. The largest absolute Gasteiger partial charge is 0.388 e. The van der Waals surface area contributed by atoms with E-state index in [-0.39, 0.29) is 18.1 Å². The predicted octanol–water partition coefficient (Wildman–Crippen LogP) is -0.0504. The molecule has 88 valence electrons. The van der Waals surface area contributed by atoms with Gasteiger partial charge >= 0.3 is 0 Å². The molecule has 0 spiro atoms. The van der Waals surface area contributed by atoms with E-state index in [1.807, 2.05) is 6.92 Å². The van der Waals surface area contributed by atoms with E-state index < -0.39 is 11.5 Å². The Labute approximate surface area is 93.9 Å². The SMILES string of the molecule is CC[C@](C)(O)CNC(=O)c1nccnc1N. The molecule has 16 heavy (non-hydrogen) atoms. The van der Waals surface area contributed by atoms with Crippen LogP contribution < -0.4 is 11.1 Å². The number of carbonyl (C=O) groups is 1. The minimum atomic E-state index is -0.924. The van der Waals surface area contributed by atoms with Crippen LogP contribution in [0.15, 0.2) is 12.4 Å². The molecule has 0 aromatic carbocycles. The molecule has 0 saturated carbocycles. The van der Waals surface area contributed by atoms with Crippen molar-refractivity contribution in [3.8, 4) is 0 Å². The van der Waals surface area contributed by atoms with Crippen molar-refractivity contribution in [2.24, 2.45) is 0 Å². The minimum Gasteiger partial charge on any atom is -0.388 e. The van der Waals surface area contributed by atoms with Gasteiger partial charge in [0.15, 0.2) is 11.5 Å². The van der Waals surface area contributed by atoms with Gasteiger partial charge in [0.1, 0.15) is 0 Å². The van der Waals surface area contributed by atoms with E-state index in [0.29, 0.717) is 6.42 Å². The molecule has 0 bridgehead atoms. The maximum Gasteiger partial charge on any atom is 0.273 e. The van der Waals surface area contributed by atoms with Gasteiger partial charge in [-0.25, -0.2) is 9.97 Å². The first-order valence-corrected chi connectivity index (χ1v) is 5.03. The third-order valence-corrected chi connectivity index (χ3v) is 2.33. The van der Waals surface area contributed by atoms with Crippen molar-refractivity contribution in [3.05, 3.63) is 18.1 Å². The first-order valence-electron chi connectivity index (χ1n) is 5.03. The Morgan fingerprint density at radius 1 is 1.56 bits per heavy atom. The number of amides is 1. The summed E-state index contributed by atoms with van der Waals surface area (Å²) in [6.45, 7) is 3.63. The van der Waals surface area contributed by atoms with Crippen LogP contribution in [0.5, 0.6) is 0 Å². The quantitative estimate of drug-likeness (QED) is 0.665. The second-order valence-corrected chi connectivity index (χ2v) is 3.82. The topological polar surface area (TPSA) is 101 Å². The molecule has 0 unspecified atom stereocenters. The summed E-state index contributed by atoms with van der Waals surface area (Å²) in [6, 6.07) is 0. The van der Waals surface area contributed by atoms with Gasteiger partial charge in [-0.2, -0.15) is 0 Å². The molecule has 6 heteroatoms. The molecule has 0 aliphatic heterocycles. The maximum atomic E-state index is 11.6. The highest BCUT2D eigenvalue weighted by molar-refractivity contribution is 5.96. The number of rotatable bonds is 4. The Bertz CT molecular complexity index is 379. The lowest BCUT2D eigenvalue weighted by Gasteiger charge is -2.21. The van der Waals surface area contributed by atoms with Crippen LogP contribution in [0.4, 0.5) is 5.82 Å². The van der Waals surface area contributed by atoms with Gasteiger partial charge in [0.2, 0.25) is 0 Å². The van der Waals surface area contributed by atoms with E-state index in [1.54, 1.807) is 6.92 Å². The molecule has 0 aliphatic rings. The summed E-state index contributed by atoms with van der Waals surface area (Å²) in [6.07, 6.45) is 3.35. The van der Waals surface area contributed by atoms with E-state index in [2.05, 4.69) is 15.3 Å². The number of nitrogens with one attached hydrogen (secondary N) is 1. The summed E-state index contributed by atoms with van der Waals surface area (Å²) in [5.41, 5.74) is 4.65. The average Bonchev–Trinajstić information content (AvgIpc) is 2.27. The van der Waals surface area contributed by atoms with Gasteiger partial charge in [-0.15, -0.1) is 0 Å². The molecule has 0 aliphatic carbocycles. The second kappa shape index (κ2) is 4.89. The number of hydrogen-bond acceptors (Lipinski definition) is 5. The third-order valence-electron chi connectivity index (χ3n) is 2.33. The molecule has 1 amide bonds. The molecule has 4 N–H and O–H groups in total. The Balaban J connectivity index is 2.64. The van der Waals surface area contributed by atoms with E-state index in [4.69, 9.17) is 5.73 Å². The zero-order valence-electron chi connectivity index (χ0n) is 9.40. The predicted molar refractivity (Wildman–Crippen MR) is 59.7 cm³/mol. The number of nitrogens with zero attached hydrogens (tertiary/aromatic N) is 2. The van der Waals surface area contributed by atoms with Gasteiger partial charge in [-0.1, -0.05) is 6.92 Å². The summed E-state index contributed by atoms with van der Waals surface area (Å²) < 4.78 is 0. The van der Waals surface area contributed by atoms with Gasteiger partial charge in [0, 0.05) is 18.9 Å². The molecular formula is C10H16N4O2. The molecular weight excluding hydrogens is 208 g/mol. The van der Waals surface area contributed by atoms with E-state index in [1.165, 1.54) is 12.4 Å². The zero-order valence-corrected chi connectivity index (χ0v) is 9.40. The summed E-state index contributed by atoms with van der Waals surface area (Å²) in [5.74, 6) is -0.351. The summed E-state index contributed by atoms with van der Waals surface area (Å²) in [4.78, 5) is 19.2. The summed E-state index contributed by atoms with van der Waals surface area (Å²) >= 11 is 0. The second-order valence-electron chi connectivity index (χ2n) is 3.82. The fourth-order valence-corrected chi connectivity index (χ4v) is 1.00. The third kappa shape index (κ3) is 3.16. The standard InChI is InChI=1S/C10H16N4O2/c1-3-10(2,16)6-14-9(15)7-8(11)13-5-4-12-7/h4-5,16H,3,6H2,1-2H3,(H2,11,13)(H,14,15)/t10-/m0/s1. The van der Waals surface area contributed by atoms with Crippen molar-refractivity contribution in [1.82, 2.24) is 15.3 Å². The normalized spacial score (nSPS) is 14.2. The van der Waals surface area contributed by atoms with Gasteiger partial charge in [-0.05, 0) is 13.3 Å². The molecule has 0 radical (unpaired) electrons. The Morgan fingerprint density at radius 2 is 2.19 bits per heavy atom. The van der Waals surface area contributed by atoms with Gasteiger partial charge < -0.3 is 16.2 Å². The highest BCUT2D eigenvalue weighted by atomic mass is 16.3. The van der Waals surface area contributed by atoms with Crippen molar-refractivity contribution < 1.29 is 9.90 Å². The van der Waals surface area contributed by atoms with Crippen molar-refractivity contribution in [2.45, 2.75) is 25.9 Å². The highest BCUT2D eigenvalue weighted by Gasteiger charge is 2.20. The highest BCUT2D eigenvalue weighted by Crippen LogP contribution is 2.07. The molecule has 0 fully saturated rings. The Morgan fingerprint density at radius 3 is 2.75 bits per heavy atom. The lowest BCUT2D eigenvalue weighted by atomic mass is 10.0. The monoisotopic (exact) mass is 224 g/mol. The molecule has 1 rings (SSSR count). The first kappa shape index (κ1) is 12.4. The van der Waals surface area contributed by atoms with Crippen LogP contribution in [0.1, 0.15) is 30.8 Å². The van der Waals surface area contributed by atoms with Crippen LogP contribution in [-0.4, -0.2) is 33.1 Å². The maximum absolute atomic E-state index is 11.6. The van der Waals surface area contributed by atoms with Crippen LogP contribution in [0.3, 0.4) is 0 Å². The minimum absolute atomic E-state index is 0.0782. The van der Waals surface area contributed by atoms with Gasteiger partial charge in [-0.3, -0.25) is 4.79 Å². The number of nitrogens with two attached hydrogens (primary N) is 1. The number of hydrogen-bond donors (Lipinski definition) is 3. The number of aliphatic hydroxyl groups is 1. The van der Waals surface area contributed by atoms with Gasteiger partial charge in [0.25, 0.3) is 5.91 Å². The number of anilines is 1. The Hall–Kier alpha value is -1.69. The fourth-order valence-electron chi connectivity index (χ4n) is 1.00. The molecule has 1 heterocycles. The molecule has 1 atom stereocenters. The van der Waals surface area contributed by atoms with Crippen LogP contribution in [-0.2, 0) is 0 Å². The fraction of sp³-hybridized carbons (Fsp3) is 0.500.